The van der Waals surface area contributed by atoms with E-state index in [2.05, 4.69) is 17.1 Å². The van der Waals surface area contributed by atoms with Crippen molar-refractivity contribution < 1.29 is 9.59 Å². The van der Waals surface area contributed by atoms with Gasteiger partial charge >= 0.3 is 0 Å². The molecule has 2 amide bonds. The Labute approximate surface area is 173 Å². The van der Waals surface area contributed by atoms with Gasteiger partial charge in [0.25, 0.3) is 11.8 Å². The van der Waals surface area contributed by atoms with E-state index in [1.807, 2.05) is 62.5 Å². The van der Waals surface area contributed by atoms with Gasteiger partial charge in [0.05, 0.1) is 5.56 Å². The van der Waals surface area contributed by atoms with Crippen molar-refractivity contribution in [3.05, 3.63) is 65.2 Å². The minimum absolute atomic E-state index is 0.0103. The number of nitrogens with zero attached hydrogens (tertiary/aromatic N) is 2. The molecule has 0 saturated carbocycles. The van der Waals surface area contributed by atoms with E-state index in [1.165, 1.54) is 0 Å². The summed E-state index contributed by atoms with van der Waals surface area (Å²) in [5.74, 6) is 0.0567. The highest BCUT2D eigenvalue weighted by atomic mass is 16.2. The zero-order valence-electron chi connectivity index (χ0n) is 17.6. The van der Waals surface area contributed by atoms with Crippen LogP contribution in [0.2, 0.25) is 0 Å². The minimum Gasteiger partial charge on any atom is -0.371 e. The fraction of sp³-hybridized carbons (Fsp3) is 0.417. The number of amides is 2. The molecule has 5 heteroatoms. The van der Waals surface area contributed by atoms with Gasteiger partial charge < -0.3 is 15.1 Å². The van der Waals surface area contributed by atoms with E-state index in [0.717, 1.165) is 55.7 Å². The smallest absolute Gasteiger partial charge is 0.255 e. The van der Waals surface area contributed by atoms with Crippen molar-refractivity contribution in [1.29, 1.82) is 0 Å². The number of carbonyl (C=O) groups is 2. The van der Waals surface area contributed by atoms with Crippen LogP contribution in [0.15, 0.2) is 48.5 Å². The molecule has 0 aliphatic carbocycles. The summed E-state index contributed by atoms with van der Waals surface area (Å²) in [6.45, 7) is 6.46. The molecule has 0 spiro atoms. The molecule has 1 aliphatic rings. The van der Waals surface area contributed by atoms with Crippen LogP contribution in [0, 0.1) is 6.92 Å². The van der Waals surface area contributed by atoms with Gasteiger partial charge in [0.2, 0.25) is 0 Å². The first-order valence-electron chi connectivity index (χ1n) is 10.5. The molecule has 1 fully saturated rings. The van der Waals surface area contributed by atoms with Crippen LogP contribution in [0.25, 0.3) is 0 Å². The van der Waals surface area contributed by atoms with Crippen LogP contribution in [-0.2, 0) is 0 Å². The molecule has 1 saturated heterocycles. The van der Waals surface area contributed by atoms with Gasteiger partial charge in [-0.05, 0) is 50.5 Å². The second-order valence-electron chi connectivity index (χ2n) is 7.85. The number of carbonyl (C=O) groups excluding carboxylic acids is 2. The summed E-state index contributed by atoms with van der Waals surface area (Å²) in [7, 11) is 1.86. The number of para-hydroxylation sites is 1. The SMILES string of the molecule is CCCN(C)C(=O)c1ccccc1N1CCC(NC(=O)c2cccc(C)c2)CC1. The van der Waals surface area contributed by atoms with Gasteiger partial charge in [-0.25, -0.2) is 0 Å². The average Bonchev–Trinajstić information content (AvgIpc) is 2.74. The summed E-state index contributed by atoms with van der Waals surface area (Å²) >= 11 is 0. The molecule has 0 aromatic heterocycles. The van der Waals surface area contributed by atoms with Crippen LogP contribution in [0.3, 0.4) is 0 Å². The van der Waals surface area contributed by atoms with E-state index >= 15 is 0 Å². The Kier molecular flexibility index (Phi) is 6.91. The highest BCUT2D eigenvalue weighted by Crippen LogP contribution is 2.25. The lowest BCUT2D eigenvalue weighted by Gasteiger charge is -2.35. The lowest BCUT2D eigenvalue weighted by atomic mass is 10.0. The van der Waals surface area contributed by atoms with Gasteiger partial charge in [0.1, 0.15) is 0 Å². The first-order chi connectivity index (χ1) is 14.0. The van der Waals surface area contributed by atoms with Crippen LogP contribution in [0.4, 0.5) is 5.69 Å². The topological polar surface area (TPSA) is 52.7 Å². The number of hydrogen-bond donors (Lipinski definition) is 1. The molecular formula is C24H31N3O2. The summed E-state index contributed by atoms with van der Waals surface area (Å²) in [5.41, 5.74) is 3.54. The van der Waals surface area contributed by atoms with Crippen molar-refractivity contribution in [2.45, 2.75) is 39.2 Å². The van der Waals surface area contributed by atoms with Crippen LogP contribution in [0.1, 0.15) is 52.5 Å². The fourth-order valence-electron chi connectivity index (χ4n) is 3.89. The molecule has 0 atom stereocenters. The van der Waals surface area contributed by atoms with Crippen molar-refractivity contribution >= 4 is 17.5 Å². The van der Waals surface area contributed by atoms with Crippen molar-refractivity contribution in [3.63, 3.8) is 0 Å². The van der Waals surface area contributed by atoms with Crippen LogP contribution >= 0.6 is 0 Å². The maximum Gasteiger partial charge on any atom is 0.255 e. The Balaban J connectivity index is 1.62. The van der Waals surface area contributed by atoms with E-state index in [9.17, 15) is 9.59 Å². The molecule has 1 aliphatic heterocycles. The summed E-state index contributed by atoms with van der Waals surface area (Å²) in [6.07, 6.45) is 2.67. The van der Waals surface area contributed by atoms with Gasteiger partial charge in [-0.3, -0.25) is 9.59 Å². The molecule has 3 rings (SSSR count). The van der Waals surface area contributed by atoms with Gasteiger partial charge in [0.15, 0.2) is 0 Å². The van der Waals surface area contributed by atoms with E-state index in [4.69, 9.17) is 0 Å². The predicted octanol–water partition coefficient (Wildman–Crippen LogP) is 3.88. The first kappa shape index (κ1) is 20.9. The molecule has 5 nitrogen and oxygen atoms in total. The molecule has 1 N–H and O–H groups in total. The zero-order valence-corrected chi connectivity index (χ0v) is 17.6. The fourth-order valence-corrected chi connectivity index (χ4v) is 3.89. The largest absolute Gasteiger partial charge is 0.371 e. The molecule has 0 bridgehead atoms. The monoisotopic (exact) mass is 393 g/mol. The predicted molar refractivity (Wildman–Crippen MR) is 118 cm³/mol. The third-order valence-corrected chi connectivity index (χ3v) is 5.49. The summed E-state index contributed by atoms with van der Waals surface area (Å²) in [6, 6.07) is 15.7. The third-order valence-electron chi connectivity index (χ3n) is 5.49. The summed E-state index contributed by atoms with van der Waals surface area (Å²) in [4.78, 5) is 29.4. The molecule has 1 heterocycles. The number of hydrogen-bond acceptors (Lipinski definition) is 3. The lowest BCUT2D eigenvalue weighted by molar-refractivity contribution is 0.0795. The summed E-state index contributed by atoms with van der Waals surface area (Å²) in [5, 5.41) is 3.17. The molecule has 154 valence electrons. The zero-order chi connectivity index (χ0) is 20.8. The standard InChI is InChI=1S/C24H31N3O2/c1-4-14-26(3)24(29)21-10-5-6-11-22(21)27-15-12-20(13-16-27)25-23(28)19-9-7-8-18(2)17-19/h5-11,17,20H,4,12-16H2,1-3H3,(H,25,28). The Morgan fingerprint density at radius 3 is 2.52 bits per heavy atom. The van der Waals surface area contributed by atoms with Crippen molar-refractivity contribution in [2.75, 3.05) is 31.6 Å². The van der Waals surface area contributed by atoms with Gasteiger partial charge in [-0.2, -0.15) is 0 Å². The molecule has 2 aromatic rings. The number of aryl methyl sites for hydroxylation is 1. The quantitative estimate of drug-likeness (QED) is 0.810. The van der Waals surface area contributed by atoms with Gasteiger partial charge in [0, 0.05) is 44.0 Å². The van der Waals surface area contributed by atoms with E-state index in [1.54, 1.807) is 4.90 Å². The molecule has 29 heavy (non-hydrogen) atoms. The number of piperidine rings is 1. The first-order valence-corrected chi connectivity index (χ1v) is 10.5. The van der Waals surface area contributed by atoms with E-state index in [-0.39, 0.29) is 17.9 Å². The summed E-state index contributed by atoms with van der Waals surface area (Å²) < 4.78 is 0. The Morgan fingerprint density at radius 1 is 1.10 bits per heavy atom. The second kappa shape index (κ2) is 9.59. The molecular weight excluding hydrogens is 362 g/mol. The minimum atomic E-state index is -0.0103. The molecule has 2 aromatic carbocycles. The molecule has 0 radical (unpaired) electrons. The Hall–Kier alpha value is -2.82. The number of nitrogens with one attached hydrogen (secondary N) is 1. The van der Waals surface area contributed by atoms with E-state index < -0.39 is 0 Å². The van der Waals surface area contributed by atoms with Gasteiger partial charge in [-0.1, -0.05) is 36.8 Å². The molecule has 0 unspecified atom stereocenters. The van der Waals surface area contributed by atoms with Crippen molar-refractivity contribution in [2.24, 2.45) is 0 Å². The highest BCUT2D eigenvalue weighted by Gasteiger charge is 2.25. The van der Waals surface area contributed by atoms with Crippen molar-refractivity contribution in [1.82, 2.24) is 10.2 Å². The van der Waals surface area contributed by atoms with Gasteiger partial charge in [-0.15, -0.1) is 0 Å². The third kappa shape index (κ3) is 5.17. The van der Waals surface area contributed by atoms with Crippen LogP contribution in [0.5, 0.6) is 0 Å². The van der Waals surface area contributed by atoms with Crippen LogP contribution < -0.4 is 10.2 Å². The van der Waals surface area contributed by atoms with Crippen molar-refractivity contribution in [3.8, 4) is 0 Å². The number of anilines is 1. The average molecular weight is 394 g/mol. The Bertz CT molecular complexity index is 857. The van der Waals surface area contributed by atoms with E-state index in [0.29, 0.717) is 5.56 Å². The highest BCUT2D eigenvalue weighted by molar-refractivity contribution is 5.99. The number of rotatable bonds is 6. The van der Waals surface area contributed by atoms with Crippen LogP contribution in [-0.4, -0.2) is 49.4 Å². The lowest BCUT2D eigenvalue weighted by Crippen LogP contribution is -2.45. The second-order valence-corrected chi connectivity index (χ2v) is 7.85. The Morgan fingerprint density at radius 2 is 1.83 bits per heavy atom. The maximum absolute atomic E-state index is 12.8. The normalized spacial score (nSPS) is 14.5. The maximum atomic E-state index is 12.8. The number of benzene rings is 2.